The summed E-state index contributed by atoms with van der Waals surface area (Å²) in [4.78, 5) is 0. The van der Waals surface area contributed by atoms with Gasteiger partial charge in [-0.1, -0.05) is 41.9 Å². The minimum Gasteiger partial charge on any atom is -0.493 e. The van der Waals surface area contributed by atoms with Gasteiger partial charge in [0.1, 0.15) is 13.1 Å². The van der Waals surface area contributed by atoms with Gasteiger partial charge >= 0.3 is 0 Å². The second-order valence-electron chi connectivity index (χ2n) is 4.71. The fraction of sp³-hybridized carbons (Fsp3) is 0.294. The Bertz CT molecular complexity index is 573. The summed E-state index contributed by atoms with van der Waals surface area (Å²) in [5.74, 6) is 1.42. The van der Waals surface area contributed by atoms with E-state index in [1.54, 1.807) is 7.11 Å². The molecule has 0 radical (unpaired) electrons. The first kappa shape index (κ1) is 15.7. The molecule has 0 atom stereocenters. The van der Waals surface area contributed by atoms with Gasteiger partial charge in [-0.3, -0.25) is 0 Å². The van der Waals surface area contributed by atoms with E-state index in [-0.39, 0.29) is 0 Å². The lowest BCUT2D eigenvalue weighted by Crippen LogP contribution is -2.80. The van der Waals surface area contributed by atoms with Crippen LogP contribution in [0.25, 0.3) is 0 Å². The molecule has 3 nitrogen and oxygen atoms in total. The van der Waals surface area contributed by atoms with Crippen molar-refractivity contribution in [2.75, 3.05) is 13.7 Å². The van der Waals surface area contributed by atoms with E-state index in [9.17, 15) is 0 Å². The largest absolute Gasteiger partial charge is 0.493 e. The molecular weight excluding hydrogens is 286 g/mol. The van der Waals surface area contributed by atoms with Crippen molar-refractivity contribution in [1.82, 2.24) is 0 Å². The third-order valence-electron chi connectivity index (χ3n) is 3.22. The summed E-state index contributed by atoms with van der Waals surface area (Å²) in [6.45, 7) is 4.28. The minimum absolute atomic E-state index is 0.602. The van der Waals surface area contributed by atoms with Gasteiger partial charge in [0, 0.05) is 17.2 Å². The molecule has 112 valence electrons. The number of nitrogens with two attached hydrogens (primary N) is 1. The van der Waals surface area contributed by atoms with Gasteiger partial charge in [-0.15, -0.1) is 0 Å². The summed E-state index contributed by atoms with van der Waals surface area (Å²) in [5.41, 5.74) is 2.35. The Morgan fingerprint density at radius 2 is 1.81 bits per heavy atom. The molecule has 0 amide bonds. The molecule has 0 unspecified atom stereocenters. The summed E-state index contributed by atoms with van der Waals surface area (Å²) >= 11 is 6.31. The Labute approximate surface area is 130 Å². The molecule has 0 saturated carbocycles. The molecule has 0 fully saturated rings. The van der Waals surface area contributed by atoms with Crippen molar-refractivity contribution in [2.45, 2.75) is 20.0 Å². The fourth-order valence-corrected chi connectivity index (χ4v) is 2.40. The molecule has 0 aliphatic carbocycles. The average molecular weight is 307 g/mol. The van der Waals surface area contributed by atoms with Gasteiger partial charge < -0.3 is 14.8 Å². The normalized spacial score (nSPS) is 10.4. The fourth-order valence-electron chi connectivity index (χ4n) is 2.17. The van der Waals surface area contributed by atoms with E-state index in [2.05, 4.69) is 29.6 Å². The Morgan fingerprint density at radius 3 is 2.48 bits per heavy atom. The molecule has 4 heteroatoms. The lowest BCUT2D eigenvalue weighted by atomic mass is 10.2. The van der Waals surface area contributed by atoms with Crippen LogP contribution in [0.2, 0.25) is 5.02 Å². The summed E-state index contributed by atoms with van der Waals surface area (Å²) < 4.78 is 10.9. The van der Waals surface area contributed by atoms with Crippen LogP contribution in [0.1, 0.15) is 18.1 Å². The van der Waals surface area contributed by atoms with Crippen LogP contribution in [0.3, 0.4) is 0 Å². The van der Waals surface area contributed by atoms with E-state index >= 15 is 0 Å². The highest BCUT2D eigenvalue weighted by molar-refractivity contribution is 6.31. The predicted molar refractivity (Wildman–Crippen MR) is 84.9 cm³/mol. The van der Waals surface area contributed by atoms with E-state index in [1.807, 2.05) is 25.1 Å². The Hall–Kier alpha value is -1.71. The average Bonchev–Trinajstić information content (AvgIpc) is 2.51. The zero-order valence-corrected chi connectivity index (χ0v) is 13.2. The summed E-state index contributed by atoms with van der Waals surface area (Å²) in [5, 5.41) is 2.93. The van der Waals surface area contributed by atoms with Crippen LogP contribution in [0.4, 0.5) is 0 Å². The molecule has 2 aromatic carbocycles. The number of ether oxygens (including phenoxy) is 2. The van der Waals surface area contributed by atoms with Crippen LogP contribution in [-0.4, -0.2) is 13.7 Å². The maximum Gasteiger partial charge on any atom is 0.162 e. The van der Waals surface area contributed by atoms with E-state index in [0.29, 0.717) is 17.4 Å². The second kappa shape index (κ2) is 7.91. The Balaban J connectivity index is 2.03. The van der Waals surface area contributed by atoms with Crippen molar-refractivity contribution < 1.29 is 14.8 Å². The number of quaternary nitrogens is 1. The van der Waals surface area contributed by atoms with Crippen molar-refractivity contribution in [1.29, 1.82) is 0 Å². The highest BCUT2D eigenvalue weighted by Gasteiger charge is 2.11. The molecule has 21 heavy (non-hydrogen) atoms. The third-order valence-corrected chi connectivity index (χ3v) is 3.57. The molecule has 0 heterocycles. The van der Waals surface area contributed by atoms with Crippen LogP contribution in [-0.2, 0) is 13.1 Å². The van der Waals surface area contributed by atoms with Crippen molar-refractivity contribution >= 4 is 11.6 Å². The van der Waals surface area contributed by atoms with Crippen molar-refractivity contribution in [3.8, 4) is 11.5 Å². The minimum atomic E-state index is 0.602. The quantitative estimate of drug-likeness (QED) is 0.853. The third kappa shape index (κ3) is 4.38. The van der Waals surface area contributed by atoms with Crippen LogP contribution >= 0.6 is 11.6 Å². The topological polar surface area (TPSA) is 35.1 Å². The monoisotopic (exact) mass is 306 g/mol. The number of hydrogen-bond donors (Lipinski definition) is 1. The smallest absolute Gasteiger partial charge is 0.162 e. The van der Waals surface area contributed by atoms with Crippen LogP contribution in [0.15, 0.2) is 42.5 Å². The molecule has 0 aliphatic heterocycles. The Morgan fingerprint density at radius 1 is 1.05 bits per heavy atom. The summed E-state index contributed by atoms with van der Waals surface area (Å²) in [6, 6.07) is 14.2. The maximum atomic E-state index is 6.31. The maximum absolute atomic E-state index is 6.31. The second-order valence-corrected chi connectivity index (χ2v) is 5.12. The van der Waals surface area contributed by atoms with E-state index in [0.717, 1.165) is 24.4 Å². The Kier molecular flexibility index (Phi) is 5.90. The number of halogens is 1. The van der Waals surface area contributed by atoms with E-state index in [1.165, 1.54) is 5.56 Å². The predicted octanol–water partition coefficient (Wildman–Crippen LogP) is 3.01. The van der Waals surface area contributed by atoms with Crippen LogP contribution in [0, 0.1) is 0 Å². The van der Waals surface area contributed by atoms with Gasteiger partial charge in [-0.05, 0) is 13.0 Å². The zero-order valence-electron chi connectivity index (χ0n) is 12.4. The highest BCUT2D eigenvalue weighted by atomic mass is 35.5. The molecule has 0 aromatic heterocycles. The van der Waals surface area contributed by atoms with Gasteiger partial charge in [0.15, 0.2) is 11.5 Å². The van der Waals surface area contributed by atoms with Crippen molar-refractivity contribution in [3.05, 3.63) is 58.6 Å². The number of methoxy groups -OCH3 is 1. The van der Waals surface area contributed by atoms with Gasteiger partial charge in [-0.2, -0.15) is 0 Å². The zero-order chi connectivity index (χ0) is 15.1. The van der Waals surface area contributed by atoms with Crippen LogP contribution < -0.4 is 14.8 Å². The molecule has 2 N–H and O–H groups in total. The lowest BCUT2D eigenvalue weighted by Gasteiger charge is -2.12. The van der Waals surface area contributed by atoms with Gasteiger partial charge in [0.25, 0.3) is 0 Å². The van der Waals surface area contributed by atoms with E-state index < -0.39 is 0 Å². The summed E-state index contributed by atoms with van der Waals surface area (Å²) in [7, 11) is 1.62. The molecule has 2 rings (SSSR count). The standard InChI is InChI=1S/C17H20ClNO2/c1-3-21-17-9-14(15(18)10-16(17)20-2)12-19-11-13-7-5-4-6-8-13/h4-10,19H,3,11-12H2,1-2H3/p+1. The van der Waals surface area contributed by atoms with Gasteiger partial charge in [0.2, 0.25) is 0 Å². The number of rotatable bonds is 7. The van der Waals surface area contributed by atoms with Crippen molar-refractivity contribution in [2.24, 2.45) is 0 Å². The molecule has 2 aromatic rings. The SMILES string of the molecule is CCOc1cc(C[NH2+]Cc2ccccc2)c(Cl)cc1OC. The molecular formula is C17H21ClNO2+. The molecule has 0 bridgehead atoms. The first-order valence-electron chi connectivity index (χ1n) is 7.09. The first-order valence-corrected chi connectivity index (χ1v) is 7.47. The number of benzene rings is 2. The van der Waals surface area contributed by atoms with Gasteiger partial charge in [0.05, 0.1) is 18.7 Å². The van der Waals surface area contributed by atoms with Crippen molar-refractivity contribution in [3.63, 3.8) is 0 Å². The lowest BCUT2D eigenvalue weighted by molar-refractivity contribution is -0.686. The van der Waals surface area contributed by atoms with Gasteiger partial charge in [-0.25, -0.2) is 0 Å². The first-order chi connectivity index (χ1) is 10.2. The highest BCUT2D eigenvalue weighted by Crippen LogP contribution is 2.32. The van der Waals surface area contributed by atoms with Crippen LogP contribution in [0.5, 0.6) is 11.5 Å². The molecule has 0 spiro atoms. The molecule has 0 saturated heterocycles. The molecule has 0 aliphatic rings. The van der Waals surface area contributed by atoms with E-state index in [4.69, 9.17) is 21.1 Å². The number of hydrogen-bond acceptors (Lipinski definition) is 2. The summed E-state index contributed by atoms with van der Waals surface area (Å²) in [6.07, 6.45) is 0.